The van der Waals surface area contributed by atoms with Crippen LogP contribution in [0.4, 0.5) is 5.00 Å². The van der Waals surface area contributed by atoms with E-state index < -0.39 is 23.3 Å². The van der Waals surface area contributed by atoms with Gasteiger partial charge in [-0.05, 0) is 60.6 Å². The minimum Gasteiger partial charge on any atom is -0.459 e. The molecule has 8 rings (SSSR count). The Labute approximate surface area is 339 Å². The van der Waals surface area contributed by atoms with Crippen LogP contribution in [0.2, 0.25) is 0 Å². The molecular formula is C37H26N4O6S7. The van der Waals surface area contributed by atoms with Crippen molar-refractivity contribution in [3.8, 4) is 0 Å². The second-order valence-electron chi connectivity index (χ2n) is 12.0. The summed E-state index contributed by atoms with van der Waals surface area (Å²) in [6.45, 7) is 4.25. The molecule has 0 saturated carbocycles. The molecule has 10 nitrogen and oxygen atoms in total. The molecule has 2 amide bonds. The van der Waals surface area contributed by atoms with Crippen LogP contribution in [-0.4, -0.2) is 65.4 Å². The number of carbonyl (C=O) groups excluding carboxylic acids is 4. The molecule has 0 atom stereocenters. The lowest BCUT2D eigenvalue weighted by atomic mass is 9.81. The average Bonchev–Trinajstić information content (AvgIpc) is 3.99. The number of amides is 2. The van der Waals surface area contributed by atoms with Gasteiger partial charge in [-0.1, -0.05) is 85.1 Å². The minimum absolute atomic E-state index is 0.0236. The summed E-state index contributed by atoms with van der Waals surface area (Å²) in [4.78, 5) is 69.0. The predicted molar refractivity (Wildman–Crippen MR) is 227 cm³/mol. The summed E-state index contributed by atoms with van der Waals surface area (Å²) in [7, 11) is 0. The Kier molecular flexibility index (Phi) is 10.1. The first-order valence-corrected chi connectivity index (χ1v) is 21.4. The molecule has 2 saturated heterocycles. The highest BCUT2D eigenvalue weighted by molar-refractivity contribution is 8.35. The largest absolute Gasteiger partial charge is 0.459 e. The van der Waals surface area contributed by atoms with Crippen LogP contribution < -0.4 is 0 Å². The van der Waals surface area contributed by atoms with E-state index in [9.17, 15) is 19.2 Å². The van der Waals surface area contributed by atoms with Crippen molar-refractivity contribution in [2.75, 3.05) is 13.1 Å². The number of esters is 2. The zero-order valence-electron chi connectivity index (χ0n) is 28.4. The number of carbonyl (C=O) groups is 4. The Balaban J connectivity index is 1.28. The highest BCUT2D eigenvalue weighted by Crippen LogP contribution is 2.57. The zero-order chi connectivity index (χ0) is 37.7. The number of benzene rings is 2. The predicted octanol–water partition coefficient (Wildman–Crippen LogP) is 8.45. The number of fused-ring (bicyclic) bond motifs is 5. The number of ether oxygens (including phenoxy) is 2. The SMILES string of the molecule is CCN1C(=O)C(=NC2=Cc3sc4c(sc5cc(N=C6SC(=S)N(CC)C6=O)sc54)c3C2(C(=O)OCc2ccccc2)C(=O)OCc2ccccc2)SC1=S. The maximum atomic E-state index is 14.8. The van der Waals surface area contributed by atoms with Crippen molar-refractivity contribution >= 4 is 154 Å². The molecular weight excluding hydrogens is 821 g/mol. The van der Waals surface area contributed by atoms with Gasteiger partial charge in [0, 0.05) is 28.2 Å². The third kappa shape index (κ3) is 6.24. The molecule has 2 aromatic carbocycles. The van der Waals surface area contributed by atoms with Crippen molar-refractivity contribution in [2.45, 2.75) is 32.5 Å². The molecule has 5 aromatic rings. The van der Waals surface area contributed by atoms with Gasteiger partial charge in [-0.2, -0.15) is 0 Å². The van der Waals surface area contributed by atoms with Gasteiger partial charge in [0.25, 0.3) is 11.8 Å². The third-order valence-electron chi connectivity index (χ3n) is 8.79. The number of rotatable bonds is 10. The molecule has 1 aliphatic carbocycles. The quantitative estimate of drug-likeness (QED) is 0.0770. The summed E-state index contributed by atoms with van der Waals surface area (Å²) in [6.07, 6.45) is 1.67. The van der Waals surface area contributed by atoms with Gasteiger partial charge in [0.1, 0.15) is 26.9 Å². The van der Waals surface area contributed by atoms with E-state index in [4.69, 9.17) is 38.9 Å². The fourth-order valence-electron chi connectivity index (χ4n) is 6.19. The maximum Gasteiger partial charge on any atom is 0.334 e. The van der Waals surface area contributed by atoms with Crippen molar-refractivity contribution < 1.29 is 28.7 Å². The highest BCUT2D eigenvalue weighted by Gasteiger charge is 2.60. The first kappa shape index (κ1) is 36.9. The topological polar surface area (TPSA) is 118 Å². The summed E-state index contributed by atoms with van der Waals surface area (Å²) in [5.74, 6) is -2.38. The Morgan fingerprint density at radius 2 is 1.26 bits per heavy atom. The lowest BCUT2D eigenvalue weighted by Gasteiger charge is -2.27. The summed E-state index contributed by atoms with van der Waals surface area (Å²) in [5.41, 5.74) is -0.302. The van der Waals surface area contributed by atoms with Gasteiger partial charge in [-0.15, -0.1) is 34.0 Å². The van der Waals surface area contributed by atoms with Crippen LogP contribution in [0.25, 0.3) is 24.9 Å². The van der Waals surface area contributed by atoms with Crippen LogP contribution >= 0.6 is 82.0 Å². The number of hydrogen-bond donors (Lipinski definition) is 0. The number of thiophene rings is 3. The van der Waals surface area contributed by atoms with Crippen molar-refractivity contribution in [1.29, 1.82) is 0 Å². The summed E-state index contributed by atoms with van der Waals surface area (Å²) in [6, 6.07) is 20.2. The van der Waals surface area contributed by atoms with Crippen molar-refractivity contribution in [2.24, 2.45) is 9.98 Å². The lowest BCUT2D eigenvalue weighted by Crippen LogP contribution is -2.46. The molecule has 2 fully saturated rings. The molecule has 3 aliphatic rings. The molecule has 0 unspecified atom stereocenters. The fourth-order valence-corrected chi connectivity index (χ4v) is 13.0. The van der Waals surface area contributed by atoms with E-state index in [1.807, 2.05) is 80.6 Å². The van der Waals surface area contributed by atoms with E-state index >= 15 is 0 Å². The number of thioether (sulfide) groups is 2. The van der Waals surface area contributed by atoms with Crippen molar-refractivity contribution in [3.63, 3.8) is 0 Å². The Morgan fingerprint density at radius 1 is 0.722 bits per heavy atom. The lowest BCUT2D eigenvalue weighted by molar-refractivity contribution is -0.164. The molecule has 0 radical (unpaired) electrons. The normalized spacial score (nSPS) is 18.1. The Morgan fingerprint density at radius 3 is 1.78 bits per heavy atom. The zero-order valence-corrected chi connectivity index (χ0v) is 34.1. The minimum atomic E-state index is -2.17. The monoisotopic (exact) mass is 846 g/mol. The van der Waals surface area contributed by atoms with Crippen LogP contribution in [0.3, 0.4) is 0 Å². The van der Waals surface area contributed by atoms with E-state index in [2.05, 4.69) is 4.99 Å². The van der Waals surface area contributed by atoms with Gasteiger partial charge in [-0.25, -0.2) is 9.98 Å². The van der Waals surface area contributed by atoms with Crippen LogP contribution in [0, 0.1) is 0 Å². The maximum absolute atomic E-state index is 14.8. The second kappa shape index (κ2) is 14.9. The molecule has 54 heavy (non-hydrogen) atoms. The second-order valence-corrected chi connectivity index (χ2v) is 18.3. The molecule has 0 bridgehead atoms. The van der Waals surface area contributed by atoms with Gasteiger partial charge >= 0.3 is 11.9 Å². The summed E-state index contributed by atoms with van der Waals surface area (Å²) < 4.78 is 16.1. The first-order valence-electron chi connectivity index (χ1n) is 16.5. The van der Waals surface area contributed by atoms with Crippen LogP contribution in [0.15, 0.2) is 82.4 Å². The Hall–Kier alpha value is -4.10. The van der Waals surface area contributed by atoms with E-state index in [1.54, 1.807) is 6.08 Å². The molecule has 0 spiro atoms. The number of aliphatic imine (C=N–C) groups is 2. The summed E-state index contributed by atoms with van der Waals surface area (Å²) >= 11 is 17.2. The Bertz CT molecular complexity index is 2460. The first-order chi connectivity index (χ1) is 26.1. The van der Waals surface area contributed by atoms with Crippen molar-refractivity contribution in [3.05, 3.63) is 94.0 Å². The van der Waals surface area contributed by atoms with Gasteiger partial charge in [0.15, 0.2) is 10.1 Å². The van der Waals surface area contributed by atoms with Crippen molar-refractivity contribution in [1.82, 2.24) is 9.80 Å². The smallest absolute Gasteiger partial charge is 0.334 e. The highest BCUT2D eigenvalue weighted by atomic mass is 32.2. The van der Waals surface area contributed by atoms with E-state index in [-0.39, 0.29) is 29.9 Å². The fraction of sp³-hybridized carbons (Fsp3) is 0.189. The van der Waals surface area contributed by atoms with Gasteiger partial charge in [-0.3, -0.25) is 29.0 Å². The van der Waals surface area contributed by atoms with E-state index in [1.165, 1.54) is 55.6 Å². The number of thiocarbonyl (C=S) groups is 2. The average molecular weight is 847 g/mol. The molecule has 5 heterocycles. The number of hydrogen-bond acceptors (Lipinski definition) is 15. The van der Waals surface area contributed by atoms with Crippen LogP contribution in [0.5, 0.6) is 0 Å². The standard InChI is InChI=1S/C37H26N4O6S7/c1-3-40-31(42)29(53-35(40)48)38-23-15-21-25(27-28(50-21)26-22(51-27)16-24(52-26)39-30-32(43)41(4-2)36(49)54-30)37(23,33(44)46-17-19-11-7-5-8-12-19)34(45)47-18-20-13-9-6-10-14-20/h5-16H,3-4,17-18H2,1-2H3. The van der Waals surface area contributed by atoms with Gasteiger partial charge in [0.05, 0.1) is 19.8 Å². The van der Waals surface area contributed by atoms with Gasteiger partial charge < -0.3 is 9.47 Å². The molecule has 272 valence electrons. The van der Waals surface area contributed by atoms with E-state index in [0.717, 1.165) is 37.0 Å². The molecule has 3 aromatic heterocycles. The van der Waals surface area contributed by atoms with Gasteiger partial charge in [0.2, 0.25) is 5.41 Å². The van der Waals surface area contributed by atoms with Crippen LogP contribution in [-0.2, 0) is 47.3 Å². The van der Waals surface area contributed by atoms with E-state index in [0.29, 0.717) is 46.9 Å². The molecule has 0 N–H and O–H groups in total. The third-order valence-corrected chi connectivity index (χ3v) is 15.2. The number of nitrogens with zero attached hydrogens (tertiary/aromatic N) is 4. The molecule has 2 aliphatic heterocycles. The molecule has 17 heteroatoms. The van der Waals surface area contributed by atoms with Crippen LogP contribution in [0.1, 0.15) is 35.4 Å². The summed E-state index contributed by atoms with van der Waals surface area (Å²) in [5, 5.41) is 0.996.